The highest BCUT2D eigenvalue weighted by Crippen LogP contribution is 2.38. The highest BCUT2D eigenvalue weighted by atomic mass is 16.5. The van der Waals surface area contributed by atoms with Crippen LogP contribution < -0.4 is 5.32 Å². The molecule has 1 aliphatic carbocycles. The minimum absolute atomic E-state index is 0.0531. The Labute approximate surface area is 165 Å². The van der Waals surface area contributed by atoms with Crippen LogP contribution in [0, 0.1) is 5.41 Å². The lowest BCUT2D eigenvalue weighted by Gasteiger charge is -2.35. The molecule has 0 unspecified atom stereocenters. The van der Waals surface area contributed by atoms with E-state index in [1.807, 2.05) is 60.7 Å². The predicted molar refractivity (Wildman–Crippen MR) is 112 cm³/mol. The summed E-state index contributed by atoms with van der Waals surface area (Å²) in [6.07, 6.45) is 6.80. The number of anilines is 1. The van der Waals surface area contributed by atoms with E-state index >= 15 is 0 Å². The molecule has 0 atom stereocenters. The summed E-state index contributed by atoms with van der Waals surface area (Å²) in [7, 11) is 0. The SMILES string of the molecule is O=C(Nc1cnc2ccccc2c1)C1(COCc2ccccc2)CCCCC1. The largest absolute Gasteiger partial charge is 0.376 e. The Kier molecular flexibility index (Phi) is 5.68. The van der Waals surface area contributed by atoms with Gasteiger partial charge in [-0.2, -0.15) is 0 Å². The minimum atomic E-state index is -0.460. The molecule has 0 aliphatic heterocycles. The molecule has 1 saturated carbocycles. The van der Waals surface area contributed by atoms with Gasteiger partial charge in [0.2, 0.25) is 5.91 Å². The van der Waals surface area contributed by atoms with E-state index in [-0.39, 0.29) is 5.91 Å². The number of hydrogen-bond acceptors (Lipinski definition) is 3. The maximum atomic E-state index is 13.2. The van der Waals surface area contributed by atoms with E-state index in [0.717, 1.165) is 47.8 Å². The number of rotatable bonds is 6. The lowest BCUT2D eigenvalue weighted by atomic mass is 9.74. The van der Waals surface area contributed by atoms with Crippen molar-refractivity contribution in [1.29, 1.82) is 0 Å². The van der Waals surface area contributed by atoms with Crippen molar-refractivity contribution in [3.8, 4) is 0 Å². The molecule has 0 saturated heterocycles. The van der Waals surface area contributed by atoms with E-state index < -0.39 is 5.41 Å². The van der Waals surface area contributed by atoms with Crippen molar-refractivity contribution in [2.75, 3.05) is 11.9 Å². The van der Waals surface area contributed by atoms with Gasteiger partial charge >= 0.3 is 0 Å². The average Bonchev–Trinajstić information content (AvgIpc) is 2.75. The second kappa shape index (κ2) is 8.53. The molecule has 1 aromatic heterocycles. The van der Waals surface area contributed by atoms with E-state index in [0.29, 0.717) is 13.2 Å². The van der Waals surface area contributed by atoms with Crippen LogP contribution in [0.4, 0.5) is 5.69 Å². The molecular weight excluding hydrogens is 348 g/mol. The van der Waals surface area contributed by atoms with Gasteiger partial charge in [0.25, 0.3) is 0 Å². The van der Waals surface area contributed by atoms with Gasteiger partial charge in [0.1, 0.15) is 0 Å². The van der Waals surface area contributed by atoms with E-state index in [2.05, 4.69) is 10.3 Å². The third-order valence-corrected chi connectivity index (χ3v) is 5.63. The molecular formula is C24H26N2O2. The Bertz CT molecular complexity index is 934. The van der Waals surface area contributed by atoms with Gasteiger partial charge in [-0.25, -0.2) is 0 Å². The smallest absolute Gasteiger partial charge is 0.232 e. The highest BCUT2D eigenvalue weighted by molar-refractivity contribution is 5.97. The van der Waals surface area contributed by atoms with Crippen LogP contribution in [0.2, 0.25) is 0 Å². The monoisotopic (exact) mass is 374 g/mol. The highest BCUT2D eigenvalue weighted by Gasteiger charge is 2.40. The van der Waals surface area contributed by atoms with Crippen molar-refractivity contribution in [2.24, 2.45) is 5.41 Å². The topological polar surface area (TPSA) is 51.2 Å². The van der Waals surface area contributed by atoms with Crippen molar-refractivity contribution < 1.29 is 9.53 Å². The van der Waals surface area contributed by atoms with Crippen LogP contribution in [0.5, 0.6) is 0 Å². The molecule has 1 heterocycles. The third-order valence-electron chi connectivity index (χ3n) is 5.63. The zero-order valence-electron chi connectivity index (χ0n) is 16.1. The summed E-state index contributed by atoms with van der Waals surface area (Å²) in [5, 5.41) is 4.14. The first-order chi connectivity index (χ1) is 13.8. The molecule has 144 valence electrons. The van der Waals surface area contributed by atoms with E-state index in [4.69, 9.17) is 4.74 Å². The average molecular weight is 374 g/mol. The molecule has 2 aromatic carbocycles. The number of benzene rings is 2. The van der Waals surface area contributed by atoms with Crippen molar-refractivity contribution in [3.05, 3.63) is 72.4 Å². The van der Waals surface area contributed by atoms with Crippen LogP contribution in [0.3, 0.4) is 0 Å². The molecule has 28 heavy (non-hydrogen) atoms. The number of para-hydroxylation sites is 1. The van der Waals surface area contributed by atoms with E-state index in [1.54, 1.807) is 6.20 Å². The fourth-order valence-electron chi connectivity index (χ4n) is 4.01. The van der Waals surface area contributed by atoms with Crippen LogP contribution in [0.25, 0.3) is 10.9 Å². The van der Waals surface area contributed by atoms with Crippen LogP contribution in [0.1, 0.15) is 37.7 Å². The molecule has 4 nitrogen and oxygen atoms in total. The van der Waals surface area contributed by atoms with Gasteiger partial charge in [0, 0.05) is 5.39 Å². The number of aromatic nitrogens is 1. The fourth-order valence-corrected chi connectivity index (χ4v) is 4.01. The first-order valence-corrected chi connectivity index (χ1v) is 10.0. The zero-order valence-corrected chi connectivity index (χ0v) is 16.1. The molecule has 1 N–H and O–H groups in total. The second-order valence-corrected chi connectivity index (χ2v) is 7.69. The first-order valence-electron chi connectivity index (χ1n) is 10.0. The molecule has 3 aromatic rings. The Morgan fingerprint density at radius 1 is 1.00 bits per heavy atom. The lowest BCUT2D eigenvalue weighted by Crippen LogP contribution is -2.41. The Hall–Kier alpha value is -2.72. The van der Waals surface area contributed by atoms with Crippen LogP contribution in [-0.2, 0) is 16.1 Å². The first kappa shape index (κ1) is 18.6. The number of hydrogen-bond donors (Lipinski definition) is 1. The number of amides is 1. The summed E-state index contributed by atoms with van der Waals surface area (Å²) in [6, 6.07) is 20.0. The van der Waals surface area contributed by atoms with E-state index in [9.17, 15) is 4.79 Å². The Morgan fingerprint density at radius 3 is 2.57 bits per heavy atom. The number of carbonyl (C=O) groups is 1. The van der Waals surface area contributed by atoms with Gasteiger partial charge < -0.3 is 10.1 Å². The Balaban J connectivity index is 1.46. The van der Waals surface area contributed by atoms with Gasteiger partial charge in [-0.15, -0.1) is 0 Å². The standard InChI is InChI=1S/C24H26N2O2/c27-23(26-21-15-20-11-5-6-12-22(20)25-16-21)24(13-7-2-8-14-24)18-28-17-19-9-3-1-4-10-19/h1,3-6,9-12,15-16H,2,7-8,13-14,17-18H2,(H,26,27). The van der Waals surface area contributed by atoms with E-state index in [1.165, 1.54) is 6.42 Å². The summed E-state index contributed by atoms with van der Waals surface area (Å²) < 4.78 is 6.02. The molecule has 0 bridgehead atoms. The lowest BCUT2D eigenvalue weighted by molar-refractivity contribution is -0.132. The van der Waals surface area contributed by atoms with Crippen molar-refractivity contribution in [2.45, 2.75) is 38.7 Å². The number of fused-ring (bicyclic) bond motifs is 1. The van der Waals surface area contributed by atoms with Gasteiger partial charge in [-0.05, 0) is 30.5 Å². The number of carbonyl (C=O) groups excluding carboxylic acids is 1. The van der Waals surface area contributed by atoms with Gasteiger partial charge in [0.15, 0.2) is 0 Å². The molecule has 0 radical (unpaired) electrons. The normalized spacial score (nSPS) is 16.0. The van der Waals surface area contributed by atoms with Crippen LogP contribution in [-0.4, -0.2) is 17.5 Å². The fraction of sp³-hybridized carbons (Fsp3) is 0.333. The van der Waals surface area contributed by atoms with Gasteiger partial charge in [-0.1, -0.05) is 67.8 Å². The maximum Gasteiger partial charge on any atom is 0.232 e. The van der Waals surface area contributed by atoms with Crippen molar-refractivity contribution in [3.63, 3.8) is 0 Å². The van der Waals surface area contributed by atoms with Crippen LogP contribution >= 0.6 is 0 Å². The van der Waals surface area contributed by atoms with Gasteiger partial charge in [-0.3, -0.25) is 9.78 Å². The van der Waals surface area contributed by atoms with Crippen molar-refractivity contribution in [1.82, 2.24) is 4.98 Å². The summed E-state index contributed by atoms with van der Waals surface area (Å²) in [4.78, 5) is 17.7. The number of nitrogens with one attached hydrogen (secondary N) is 1. The van der Waals surface area contributed by atoms with Crippen molar-refractivity contribution >= 4 is 22.5 Å². The summed E-state index contributed by atoms with van der Waals surface area (Å²) >= 11 is 0. The maximum absolute atomic E-state index is 13.2. The van der Waals surface area contributed by atoms with Crippen LogP contribution in [0.15, 0.2) is 66.9 Å². The molecule has 0 spiro atoms. The molecule has 1 fully saturated rings. The number of pyridine rings is 1. The number of ether oxygens (including phenoxy) is 1. The molecule has 4 rings (SSSR count). The molecule has 1 aliphatic rings. The van der Waals surface area contributed by atoms with Gasteiger partial charge in [0.05, 0.1) is 36.0 Å². The molecule has 4 heteroatoms. The zero-order chi connectivity index (χ0) is 19.2. The minimum Gasteiger partial charge on any atom is -0.376 e. The predicted octanol–water partition coefficient (Wildman–Crippen LogP) is 5.34. The second-order valence-electron chi connectivity index (χ2n) is 7.69. The summed E-state index contributed by atoms with van der Waals surface area (Å²) in [6.45, 7) is 0.988. The summed E-state index contributed by atoms with van der Waals surface area (Å²) in [5.74, 6) is 0.0531. The summed E-state index contributed by atoms with van der Waals surface area (Å²) in [5.41, 5.74) is 2.35. The quantitative estimate of drug-likeness (QED) is 0.633. The third kappa shape index (κ3) is 4.23. The number of nitrogens with zero attached hydrogens (tertiary/aromatic N) is 1. The Morgan fingerprint density at radius 2 is 1.75 bits per heavy atom. The molecule has 1 amide bonds.